The summed E-state index contributed by atoms with van der Waals surface area (Å²) in [6.07, 6.45) is 0. The largest absolute Gasteiger partial charge is 0.493 e. The van der Waals surface area contributed by atoms with E-state index in [-0.39, 0.29) is 17.5 Å². The van der Waals surface area contributed by atoms with Gasteiger partial charge in [0.05, 0.1) is 0 Å². The van der Waals surface area contributed by atoms with Gasteiger partial charge in [0.15, 0.2) is 5.69 Å². The Morgan fingerprint density at radius 2 is 1.82 bits per heavy atom. The third-order valence-corrected chi connectivity index (χ3v) is 2.07. The smallest absolute Gasteiger partial charge is 0.356 e. The highest BCUT2D eigenvalue weighted by atomic mass is 16.4. The van der Waals surface area contributed by atoms with Gasteiger partial charge in [0.1, 0.15) is 0 Å². The molecule has 0 radical (unpaired) electrons. The van der Waals surface area contributed by atoms with Crippen molar-refractivity contribution < 1.29 is 15.0 Å². The summed E-state index contributed by atoms with van der Waals surface area (Å²) in [6.45, 7) is 3.55. The predicted octanol–water partition coefficient (Wildman–Crippen LogP) is 0.683. The number of aromatic nitrogens is 4. The lowest BCUT2D eigenvalue weighted by atomic mass is 10.4. The molecule has 7 heteroatoms. The molecule has 0 aromatic carbocycles. The molecule has 0 bridgehead atoms. The van der Waals surface area contributed by atoms with Crippen molar-refractivity contribution >= 4 is 5.97 Å². The quantitative estimate of drug-likeness (QED) is 0.792. The van der Waals surface area contributed by atoms with E-state index >= 15 is 0 Å². The summed E-state index contributed by atoms with van der Waals surface area (Å²) >= 11 is 0. The summed E-state index contributed by atoms with van der Waals surface area (Å²) in [5, 5.41) is 22.0. The number of carboxylic acid groups (broad SMARTS) is 1. The van der Waals surface area contributed by atoms with Crippen LogP contribution in [-0.4, -0.2) is 35.9 Å². The van der Waals surface area contributed by atoms with Gasteiger partial charge in [0.2, 0.25) is 5.88 Å². The van der Waals surface area contributed by atoms with Crippen molar-refractivity contribution in [2.75, 3.05) is 0 Å². The average molecular weight is 234 g/mol. The molecule has 0 saturated heterocycles. The third kappa shape index (κ3) is 2.07. The minimum absolute atomic E-state index is 0.146. The minimum Gasteiger partial charge on any atom is -0.493 e. The first kappa shape index (κ1) is 11.1. The van der Waals surface area contributed by atoms with E-state index in [0.29, 0.717) is 11.4 Å². The maximum Gasteiger partial charge on any atom is 0.356 e. The van der Waals surface area contributed by atoms with Gasteiger partial charge in [-0.3, -0.25) is 0 Å². The number of carbonyl (C=O) groups is 1. The Labute approximate surface area is 96.4 Å². The van der Waals surface area contributed by atoms with Crippen molar-refractivity contribution in [3.63, 3.8) is 0 Å². The van der Waals surface area contributed by atoms with Crippen LogP contribution in [-0.2, 0) is 0 Å². The molecule has 2 aromatic rings. The van der Waals surface area contributed by atoms with Gasteiger partial charge in [0.25, 0.3) is 5.95 Å². The van der Waals surface area contributed by atoms with Gasteiger partial charge in [0, 0.05) is 17.5 Å². The highest BCUT2D eigenvalue weighted by Crippen LogP contribution is 2.15. The molecular weight excluding hydrogens is 224 g/mol. The first-order chi connectivity index (χ1) is 7.97. The van der Waals surface area contributed by atoms with Crippen LogP contribution in [0.4, 0.5) is 0 Å². The van der Waals surface area contributed by atoms with Crippen LogP contribution in [0.25, 0.3) is 5.95 Å². The average Bonchev–Trinajstić information content (AvgIpc) is 2.59. The molecule has 0 aliphatic rings. The third-order valence-electron chi connectivity index (χ3n) is 2.07. The van der Waals surface area contributed by atoms with Crippen LogP contribution in [0.5, 0.6) is 5.88 Å². The Hall–Kier alpha value is -2.44. The Kier molecular flexibility index (Phi) is 2.51. The SMILES string of the molecule is Cc1cc(C)nc(-n2nc(C(=O)O)cc2O)n1. The van der Waals surface area contributed by atoms with E-state index in [9.17, 15) is 9.90 Å². The highest BCUT2D eigenvalue weighted by Gasteiger charge is 2.15. The number of rotatable bonds is 2. The first-order valence-corrected chi connectivity index (χ1v) is 4.82. The summed E-state index contributed by atoms with van der Waals surface area (Å²) in [6, 6.07) is 2.81. The van der Waals surface area contributed by atoms with E-state index in [4.69, 9.17) is 5.11 Å². The lowest BCUT2D eigenvalue weighted by Crippen LogP contribution is -2.06. The number of aryl methyl sites for hydroxylation is 2. The second-order valence-corrected chi connectivity index (χ2v) is 3.56. The maximum atomic E-state index is 10.7. The summed E-state index contributed by atoms with van der Waals surface area (Å²) in [5.41, 5.74) is 1.16. The van der Waals surface area contributed by atoms with Gasteiger partial charge in [-0.2, -0.15) is 9.78 Å². The fraction of sp³-hybridized carbons (Fsp3) is 0.200. The lowest BCUT2D eigenvalue weighted by molar-refractivity contribution is 0.0690. The number of aromatic hydroxyl groups is 1. The molecule has 0 amide bonds. The fourth-order valence-electron chi connectivity index (χ4n) is 1.42. The van der Waals surface area contributed by atoms with Crippen molar-refractivity contribution in [1.82, 2.24) is 19.7 Å². The standard InChI is InChI=1S/C10H10N4O3/c1-5-3-6(2)12-10(11-5)14-8(15)4-7(13-14)9(16)17/h3-4,15H,1-2H3,(H,16,17). The van der Waals surface area contributed by atoms with Crippen molar-refractivity contribution in [3.05, 3.63) is 29.2 Å². The zero-order valence-corrected chi connectivity index (χ0v) is 9.25. The highest BCUT2D eigenvalue weighted by molar-refractivity contribution is 5.85. The lowest BCUT2D eigenvalue weighted by Gasteiger charge is -2.03. The van der Waals surface area contributed by atoms with Gasteiger partial charge in [-0.25, -0.2) is 14.8 Å². The molecule has 0 atom stereocenters. The second kappa shape index (κ2) is 3.85. The van der Waals surface area contributed by atoms with E-state index in [1.165, 1.54) is 0 Å². The summed E-state index contributed by atoms with van der Waals surface area (Å²) < 4.78 is 0.990. The number of carboxylic acids is 1. The monoisotopic (exact) mass is 234 g/mol. The van der Waals surface area contributed by atoms with Crippen molar-refractivity contribution in [3.8, 4) is 11.8 Å². The van der Waals surface area contributed by atoms with Crippen LogP contribution >= 0.6 is 0 Å². The van der Waals surface area contributed by atoms with Crippen molar-refractivity contribution in [2.24, 2.45) is 0 Å². The van der Waals surface area contributed by atoms with Crippen LogP contribution in [0.3, 0.4) is 0 Å². The van der Waals surface area contributed by atoms with Crippen LogP contribution in [0.15, 0.2) is 12.1 Å². The van der Waals surface area contributed by atoms with E-state index in [1.54, 1.807) is 19.9 Å². The maximum absolute atomic E-state index is 10.7. The van der Waals surface area contributed by atoms with E-state index in [0.717, 1.165) is 10.7 Å². The molecule has 17 heavy (non-hydrogen) atoms. The van der Waals surface area contributed by atoms with Crippen LogP contribution < -0.4 is 0 Å². The van der Waals surface area contributed by atoms with E-state index in [1.807, 2.05) is 0 Å². The molecule has 0 spiro atoms. The van der Waals surface area contributed by atoms with Crippen LogP contribution in [0.2, 0.25) is 0 Å². The van der Waals surface area contributed by atoms with Crippen molar-refractivity contribution in [2.45, 2.75) is 13.8 Å². The Balaban J connectivity index is 2.56. The predicted molar refractivity (Wildman–Crippen MR) is 57.3 cm³/mol. The molecule has 0 unspecified atom stereocenters. The Morgan fingerprint density at radius 1 is 1.24 bits per heavy atom. The van der Waals surface area contributed by atoms with Gasteiger partial charge < -0.3 is 10.2 Å². The zero-order chi connectivity index (χ0) is 12.6. The molecule has 2 heterocycles. The Morgan fingerprint density at radius 3 is 2.29 bits per heavy atom. The molecule has 2 rings (SSSR count). The molecule has 2 N–H and O–H groups in total. The summed E-state index contributed by atoms with van der Waals surface area (Å²) in [4.78, 5) is 18.9. The van der Waals surface area contributed by atoms with E-state index < -0.39 is 5.97 Å². The minimum atomic E-state index is -1.22. The molecule has 0 aliphatic heterocycles. The van der Waals surface area contributed by atoms with Crippen LogP contribution in [0, 0.1) is 13.8 Å². The van der Waals surface area contributed by atoms with Gasteiger partial charge in [-0.1, -0.05) is 0 Å². The number of aromatic carboxylic acids is 1. The van der Waals surface area contributed by atoms with Crippen molar-refractivity contribution in [1.29, 1.82) is 0 Å². The van der Waals surface area contributed by atoms with Crippen LogP contribution in [0.1, 0.15) is 21.9 Å². The number of hydrogen-bond donors (Lipinski definition) is 2. The number of nitrogens with zero attached hydrogens (tertiary/aromatic N) is 4. The normalized spacial score (nSPS) is 10.5. The summed E-state index contributed by atoms with van der Waals surface area (Å²) in [5.74, 6) is -1.39. The molecule has 2 aromatic heterocycles. The fourth-order valence-corrected chi connectivity index (χ4v) is 1.42. The number of hydrogen-bond acceptors (Lipinski definition) is 5. The van der Waals surface area contributed by atoms with Gasteiger partial charge >= 0.3 is 5.97 Å². The summed E-state index contributed by atoms with van der Waals surface area (Å²) in [7, 11) is 0. The zero-order valence-electron chi connectivity index (χ0n) is 9.25. The molecule has 7 nitrogen and oxygen atoms in total. The first-order valence-electron chi connectivity index (χ1n) is 4.82. The van der Waals surface area contributed by atoms with Gasteiger partial charge in [-0.05, 0) is 19.9 Å². The molecule has 0 fully saturated rings. The topological polar surface area (TPSA) is 101 Å². The second-order valence-electron chi connectivity index (χ2n) is 3.56. The molecule has 88 valence electrons. The molecule has 0 saturated carbocycles. The molecular formula is C10H10N4O3. The Bertz CT molecular complexity index is 571. The molecule has 0 aliphatic carbocycles. The van der Waals surface area contributed by atoms with E-state index in [2.05, 4.69) is 15.1 Å². The van der Waals surface area contributed by atoms with Gasteiger partial charge in [-0.15, -0.1) is 0 Å².